The monoisotopic (exact) mass is 281 g/mol. The van der Waals surface area contributed by atoms with Crippen LogP contribution in [0.4, 0.5) is 0 Å². The van der Waals surface area contributed by atoms with Gasteiger partial charge in [0.2, 0.25) is 5.91 Å². The van der Waals surface area contributed by atoms with Gasteiger partial charge in [-0.05, 0) is 37.5 Å². The largest absolute Gasteiger partial charge is 0.481 e. The molecule has 0 saturated heterocycles. The van der Waals surface area contributed by atoms with Crippen LogP contribution in [0.3, 0.4) is 0 Å². The summed E-state index contributed by atoms with van der Waals surface area (Å²) in [5.74, 6) is -0.694. The van der Waals surface area contributed by atoms with E-state index < -0.39 is 11.9 Å². The smallest absolute Gasteiger partial charge is 0.307 e. The zero-order chi connectivity index (χ0) is 14.9. The zero-order valence-electron chi connectivity index (χ0n) is 12.8. The minimum Gasteiger partial charge on any atom is -0.481 e. The highest BCUT2D eigenvalue weighted by Crippen LogP contribution is 2.38. The standard InChI is InChI=1S/C16H27NO3/c1-10-8-12(13(9-10)16(19)20)15(18)17(3)14-7-5-4-6-11(14)2/h10-14H,4-9H2,1-3H3,(H,19,20)/t10?,11?,12-,13+,14?/m0/s1. The Bertz CT molecular complexity index is 382. The summed E-state index contributed by atoms with van der Waals surface area (Å²) < 4.78 is 0. The summed E-state index contributed by atoms with van der Waals surface area (Å²) in [6.07, 6.45) is 6.02. The fourth-order valence-corrected chi connectivity index (χ4v) is 4.13. The van der Waals surface area contributed by atoms with Crippen molar-refractivity contribution in [1.82, 2.24) is 4.90 Å². The average Bonchev–Trinajstić information content (AvgIpc) is 2.80. The maximum atomic E-state index is 12.7. The molecule has 3 unspecified atom stereocenters. The molecule has 0 radical (unpaired) electrons. The van der Waals surface area contributed by atoms with Crippen molar-refractivity contribution in [2.75, 3.05) is 7.05 Å². The summed E-state index contributed by atoms with van der Waals surface area (Å²) in [6, 6.07) is 0.293. The molecule has 1 amide bonds. The van der Waals surface area contributed by atoms with Crippen molar-refractivity contribution in [3.63, 3.8) is 0 Å². The van der Waals surface area contributed by atoms with Crippen molar-refractivity contribution in [3.05, 3.63) is 0 Å². The number of aliphatic carboxylic acids is 1. The van der Waals surface area contributed by atoms with Crippen LogP contribution in [-0.4, -0.2) is 35.0 Å². The molecule has 5 atom stereocenters. The van der Waals surface area contributed by atoms with Crippen LogP contribution < -0.4 is 0 Å². The van der Waals surface area contributed by atoms with E-state index in [1.165, 1.54) is 19.3 Å². The van der Waals surface area contributed by atoms with Crippen LogP contribution in [0.25, 0.3) is 0 Å². The molecule has 20 heavy (non-hydrogen) atoms. The molecule has 0 heterocycles. The highest BCUT2D eigenvalue weighted by Gasteiger charge is 2.43. The number of carbonyl (C=O) groups is 2. The summed E-state index contributed by atoms with van der Waals surface area (Å²) >= 11 is 0. The number of carboxylic acid groups (broad SMARTS) is 1. The fraction of sp³-hybridized carbons (Fsp3) is 0.875. The highest BCUT2D eigenvalue weighted by atomic mass is 16.4. The predicted molar refractivity (Wildman–Crippen MR) is 77.2 cm³/mol. The van der Waals surface area contributed by atoms with Gasteiger partial charge in [-0.2, -0.15) is 0 Å². The molecule has 0 bridgehead atoms. The van der Waals surface area contributed by atoms with E-state index >= 15 is 0 Å². The van der Waals surface area contributed by atoms with E-state index in [9.17, 15) is 14.7 Å². The molecule has 0 aromatic rings. The SMILES string of the molecule is CC1C[C@H](C(=O)N(C)C2CCCCC2C)[C@H](C(=O)O)C1. The van der Waals surface area contributed by atoms with Gasteiger partial charge in [0.15, 0.2) is 0 Å². The van der Waals surface area contributed by atoms with Crippen LogP contribution in [0.5, 0.6) is 0 Å². The molecule has 2 rings (SSSR count). The van der Waals surface area contributed by atoms with Gasteiger partial charge in [-0.15, -0.1) is 0 Å². The molecule has 2 aliphatic rings. The first-order chi connectivity index (χ1) is 9.41. The molecule has 114 valence electrons. The van der Waals surface area contributed by atoms with Gasteiger partial charge in [-0.3, -0.25) is 9.59 Å². The van der Waals surface area contributed by atoms with Crippen LogP contribution in [-0.2, 0) is 9.59 Å². The second-order valence-electron chi connectivity index (χ2n) is 6.91. The van der Waals surface area contributed by atoms with E-state index in [4.69, 9.17) is 0 Å². The summed E-state index contributed by atoms with van der Waals surface area (Å²) in [5.41, 5.74) is 0. The lowest BCUT2D eigenvalue weighted by Crippen LogP contribution is -2.46. The number of carbonyl (C=O) groups excluding carboxylic acids is 1. The lowest BCUT2D eigenvalue weighted by Gasteiger charge is -2.38. The Labute approximate surface area is 121 Å². The second kappa shape index (κ2) is 6.15. The van der Waals surface area contributed by atoms with Crippen LogP contribution >= 0.6 is 0 Å². The van der Waals surface area contributed by atoms with Gasteiger partial charge >= 0.3 is 5.97 Å². The Morgan fingerprint density at radius 1 is 1.05 bits per heavy atom. The molecule has 4 nitrogen and oxygen atoms in total. The lowest BCUT2D eigenvalue weighted by atomic mass is 9.84. The molecule has 4 heteroatoms. The molecule has 2 saturated carbocycles. The maximum Gasteiger partial charge on any atom is 0.307 e. The van der Waals surface area contributed by atoms with E-state index in [0.717, 1.165) is 12.8 Å². The first-order valence-electron chi connectivity index (χ1n) is 7.91. The van der Waals surface area contributed by atoms with E-state index in [1.807, 2.05) is 18.9 Å². The van der Waals surface area contributed by atoms with Gasteiger partial charge in [0, 0.05) is 13.1 Å². The molecular weight excluding hydrogens is 254 g/mol. The van der Waals surface area contributed by atoms with Crippen molar-refractivity contribution in [1.29, 1.82) is 0 Å². The van der Waals surface area contributed by atoms with Gasteiger partial charge < -0.3 is 10.0 Å². The third-order valence-corrected chi connectivity index (χ3v) is 5.34. The van der Waals surface area contributed by atoms with E-state index in [1.54, 1.807) is 0 Å². The zero-order valence-corrected chi connectivity index (χ0v) is 12.8. The number of carboxylic acids is 1. The van der Waals surface area contributed by atoms with Gasteiger partial charge in [0.05, 0.1) is 11.8 Å². The van der Waals surface area contributed by atoms with E-state index in [2.05, 4.69) is 6.92 Å². The quantitative estimate of drug-likeness (QED) is 0.865. The minimum absolute atomic E-state index is 0.0560. The summed E-state index contributed by atoms with van der Waals surface area (Å²) in [6.45, 7) is 4.26. The number of hydrogen-bond acceptors (Lipinski definition) is 2. The van der Waals surface area contributed by atoms with Crippen molar-refractivity contribution in [2.24, 2.45) is 23.7 Å². The molecule has 0 aromatic heterocycles. The molecule has 1 N–H and O–H groups in total. The Morgan fingerprint density at radius 3 is 2.25 bits per heavy atom. The Morgan fingerprint density at radius 2 is 1.65 bits per heavy atom. The summed E-state index contributed by atoms with van der Waals surface area (Å²) in [4.78, 5) is 25.9. The van der Waals surface area contributed by atoms with Crippen LogP contribution in [0.15, 0.2) is 0 Å². The third-order valence-electron chi connectivity index (χ3n) is 5.34. The number of nitrogens with zero attached hydrogens (tertiary/aromatic N) is 1. The van der Waals surface area contributed by atoms with E-state index in [0.29, 0.717) is 24.3 Å². The first-order valence-corrected chi connectivity index (χ1v) is 7.91. The van der Waals surface area contributed by atoms with Crippen LogP contribution in [0.1, 0.15) is 52.4 Å². The van der Waals surface area contributed by atoms with Gasteiger partial charge in [-0.25, -0.2) is 0 Å². The number of hydrogen-bond donors (Lipinski definition) is 1. The van der Waals surface area contributed by atoms with Crippen molar-refractivity contribution in [3.8, 4) is 0 Å². The Kier molecular flexibility index (Phi) is 4.71. The van der Waals surface area contributed by atoms with Crippen molar-refractivity contribution >= 4 is 11.9 Å². The normalized spacial score (nSPS) is 37.6. The molecule has 0 aliphatic heterocycles. The van der Waals surface area contributed by atoms with E-state index in [-0.39, 0.29) is 11.8 Å². The van der Waals surface area contributed by atoms with Crippen molar-refractivity contribution in [2.45, 2.75) is 58.4 Å². The van der Waals surface area contributed by atoms with Gasteiger partial charge in [-0.1, -0.05) is 26.7 Å². The highest BCUT2D eigenvalue weighted by molar-refractivity contribution is 5.85. The predicted octanol–water partition coefficient (Wildman–Crippen LogP) is 2.77. The number of amides is 1. The minimum atomic E-state index is -0.808. The Hall–Kier alpha value is -1.06. The second-order valence-corrected chi connectivity index (χ2v) is 6.91. The van der Waals surface area contributed by atoms with Crippen LogP contribution in [0.2, 0.25) is 0 Å². The van der Waals surface area contributed by atoms with Gasteiger partial charge in [0.1, 0.15) is 0 Å². The Balaban J connectivity index is 2.07. The fourth-order valence-electron chi connectivity index (χ4n) is 4.13. The molecule has 2 fully saturated rings. The maximum absolute atomic E-state index is 12.7. The first kappa shape index (κ1) is 15.3. The summed E-state index contributed by atoms with van der Waals surface area (Å²) in [5, 5.41) is 9.32. The molecule has 0 spiro atoms. The van der Waals surface area contributed by atoms with Gasteiger partial charge in [0.25, 0.3) is 0 Å². The van der Waals surface area contributed by atoms with Crippen LogP contribution in [0, 0.1) is 23.7 Å². The lowest BCUT2D eigenvalue weighted by molar-refractivity contribution is -0.150. The molecule has 2 aliphatic carbocycles. The molecular formula is C16H27NO3. The third kappa shape index (κ3) is 2.99. The molecule has 0 aromatic carbocycles. The summed E-state index contributed by atoms with van der Waals surface area (Å²) in [7, 11) is 1.87. The van der Waals surface area contributed by atoms with Crippen molar-refractivity contribution < 1.29 is 14.7 Å². The number of rotatable bonds is 3. The topological polar surface area (TPSA) is 57.6 Å². The average molecular weight is 281 g/mol.